The molecule has 1 amide bonds. The van der Waals surface area contributed by atoms with Crippen LogP contribution in [0.3, 0.4) is 0 Å². The fraction of sp³-hybridized carbons (Fsp3) is 0.129. The summed E-state index contributed by atoms with van der Waals surface area (Å²) in [5.74, 6) is 1.11. The Morgan fingerprint density at radius 2 is 1.51 bits per heavy atom. The molecule has 8 heteroatoms. The van der Waals surface area contributed by atoms with Gasteiger partial charge in [-0.05, 0) is 54.8 Å². The highest BCUT2D eigenvalue weighted by Crippen LogP contribution is 2.30. The lowest BCUT2D eigenvalue weighted by molar-refractivity contribution is 0.0934. The number of nitrogens with one attached hydrogen (secondary N) is 1. The summed E-state index contributed by atoms with van der Waals surface area (Å²) in [4.78, 5) is 13.4. The molecule has 0 saturated carbocycles. The molecule has 4 aromatic carbocycles. The Bertz CT molecular complexity index is 1560. The van der Waals surface area contributed by atoms with E-state index in [4.69, 9.17) is 23.2 Å². The fourth-order valence-electron chi connectivity index (χ4n) is 4.19. The van der Waals surface area contributed by atoms with E-state index in [0.717, 1.165) is 27.7 Å². The van der Waals surface area contributed by atoms with Crippen LogP contribution in [0.2, 0.25) is 10.0 Å². The molecule has 39 heavy (non-hydrogen) atoms. The summed E-state index contributed by atoms with van der Waals surface area (Å²) < 4.78 is 2.04. The van der Waals surface area contributed by atoms with Crippen molar-refractivity contribution in [3.8, 4) is 5.69 Å². The molecule has 1 atom stereocenters. The number of carbonyl (C=O) groups excluding carboxylic acids is 1. The molecule has 0 radical (unpaired) electrons. The van der Waals surface area contributed by atoms with Crippen LogP contribution in [0, 0.1) is 6.92 Å². The zero-order valence-electron chi connectivity index (χ0n) is 21.2. The van der Waals surface area contributed by atoms with E-state index in [2.05, 4.69) is 58.8 Å². The summed E-state index contributed by atoms with van der Waals surface area (Å²) >= 11 is 13.9. The SMILES string of the molecule is Cc1ccc(-n2c(SCc3ccccc3)nnc2C(Cc2ccccc2)NC(=O)c2ccc(Cl)c(Cl)c2)cc1. The predicted molar refractivity (Wildman–Crippen MR) is 159 cm³/mol. The van der Waals surface area contributed by atoms with Gasteiger partial charge < -0.3 is 5.32 Å². The van der Waals surface area contributed by atoms with Gasteiger partial charge in [0.15, 0.2) is 11.0 Å². The number of hydrogen-bond acceptors (Lipinski definition) is 4. The smallest absolute Gasteiger partial charge is 0.251 e. The molecule has 0 saturated heterocycles. The van der Waals surface area contributed by atoms with Gasteiger partial charge in [-0.3, -0.25) is 9.36 Å². The van der Waals surface area contributed by atoms with Crippen molar-refractivity contribution in [3.63, 3.8) is 0 Å². The number of nitrogens with zero attached hydrogens (tertiary/aromatic N) is 3. The summed E-state index contributed by atoms with van der Waals surface area (Å²) in [6.07, 6.45) is 0.529. The molecule has 1 heterocycles. The molecule has 5 rings (SSSR count). The van der Waals surface area contributed by atoms with Crippen molar-refractivity contribution in [2.75, 3.05) is 0 Å². The summed E-state index contributed by atoms with van der Waals surface area (Å²) in [5, 5.41) is 13.9. The molecule has 0 aliphatic heterocycles. The maximum Gasteiger partial charge on any atom is 0.251 e. The highest BCUT2D eigenvalue weighted by molar-refractivity contribution is 7.98. The van der Waals surface area contributed by atoms with Gasteiger partial charge in [0.2, 0.25) is 0 Å². The molecule has 0 fully saturated rings. The quantitative estimate of drug-likeness (QED) is 0.182. The van der Waals surface area contributed by atoms with E-state index >= 15 is 0 Å². The molecule has 0 bridgehead atoms. The van der Waals surface area contributed by atoms with Gasteiger partial charge >= 0.3 is 0 Å². The van der Waals surface area contributed by atoms with Crippen LogP contribution in [0.4, 0.5) is 0 Å². The van der Waals surface area contributed by atoms with Gasteiger partial charge in [-0.2, -0.15) is 0 Å². The van der Waals surface area contributed by atoms with Crippen LogP contribution in [0.25, 0.3) is 5.69 Å². The molecule has 1 aromatic heterocycles. The summed E-state index contributed by atoms with van der Waals surface area (Å²) in [6.45, 7) is 2.05. The van der Waals surface area contributed by atoms with Gasteiger partial charge in [-0.1, -0.05) is 113 Å². The zero-order valence-corrected chi connectivity index (χ0v) is 23.5. The van der Waals surface area contributed by atoms with Crippen molar-refractivity contribution in [1.82, 2.24) is 20.1 Å². The number of halogens is 2. The predicted octanol–water partition coefficient (Wildman–Crippen LogP) is 7.89. The van der Waals surface area contributed by atoms with Gasteiger partial charge in [0.05, 0.1) is 16.1 Å². The first-order chi connectivity index (χ1) is 19.0. The first kappa shape index (κ1) is 27.0. The lowest BCUT2D eigenvalue weighted by Gasteiger charge is -2.20. The van der Waals surface area contributed by atoms with Crippen molar-refractivity contribution in [2.24, 2.45) is 0 Å². The normalized spacial score (nSPS) is 11.8. The Morgan fingerprint density at radius 3 is 2.18 bits per heavy atom. The summed E-state index contributed by atoms with van der Waals surface area (Å²) in [5.41, 5.74) is 4.76. The second kappa shape index (κ2) is 12.5. The maximum absolute atomic E-state index is 13.4. The monoisotopic (exact) mass is 572 g/mol. The number of amides is 1. The average molecular weight is 574 g/mol. The van der Waals surface area contributed by atoms with Crippen LogP contribution >= 0.6 is 35.0 Å². The maximum atomic E-state index is 13.4. The number of thioether (sulfide) groups is 1. The van der Waals surface area contributed by atoms with E-state index in [1.54, 1.807) is 30.0 Å². The molecule has 196 valence electrons. The third-order valence-electron chi connectivity index (χ3n) is 6.24. The minimum absolute atomic E-state index is 0.272. The van der Waals surface area contributed by atoms with Crippen LogP contribution in [0.15, 0.2) is 108 Å². The van der Waals surface area contributed by atoms with Crippen LogP contribution in [-0.4, -0.2) is 20.7 Å². The second-order valence-electron chi connectivity index (χ2n) is 9.13. The lowest BCUT2D eigenvalue weighted by Crippen LogP contribution is -2.32. The second-order valence-corrected chi connectivity index (χ2v) is 10.9. The van der Waals surface area contributed by atoms with Crippen molar-refractivity contribution in [1.29, 1.82) is 0 Å². The zero-order chi connectivity index (χ0) is 27.2. The highest BCUT2D eigenvalue weighted by Gasteiger charge is 2.25. The standard InChI is InChI=1S/C31H26Cl2N4OS/c1-21-12-15-25(16-13-21)37-29(35-36-31(37)39-20-23-10-6-3-7-11-23)28(18-22-8-4-2-5-9-22)34-30(38)24-14-17-26(32)27(33)19-24/h2-17,19,28H,18,20H2,1H3,(H,34,38). The Morgan fingerprint density at radius 1 is 0.846 bits per heavy atom. The molecular weight excluding hydrogens is 547 g/mol. The minimum atomic E-state index is -0.464. The first-order valence-corrected chi connectivity index (χ1v) is 14.2. The number of benzene rings is 4. The molecule has 5 aromatic rings. The molecular formula is C31H26Cl2N4OS. The van der Waals surface area contributed by atoms with Gasteiger partial charge in [0.1, 0.15) is 0 Å². The van der Waals surface area contributed by atoms with Gasteiger partial charge in [-0.15, -0.1) is 10.2 Å². The Balaban J connectivity index is 1.54. The molecule has 1 unspecified atom stereocenters. The lowest BCUT2D eigenvalue weighted by atomic mass is 10.0. The molecule has 0 spiro atoms. The van der Waals surface area contributed by atoms with Crippen molar-refractivity contribution < 1.29 is 4.79 Å². The van der Waals surface area contributed by atoms with Crippen molar-refractivity contribution in [3.05, 3.63) is 141 Å². The summed E-state index contributed by atoms with van der Waals surface area (Å²) in [7, 11) is 0. The van der Waals surface area contributed by atoms with E-state index in [9.17, 15) is 4.79 Å². The van der Waals surface area contributed by atoms with Crippen LogP contribution in [-0.2, 0) is 12.2 Å². The number of aryl methyl sites for hydroxylation is 1. The largest absolute Gasteiger partial charge is 0.342 e. The average Bonchev–Trinajstić information content (AvgIpc) is 3.38. The number of aromatic nitrogens is 3. The summed E-state index contributed by atoms with van der Waals surface area (Å²) in [6, 6.07) is 32.9. The van der Waals surface area contributed by atoms with Gasteiger partial charge in [-0.25, -0.2) is 0 Å². The van der Waals surface area contributed by atoms with Crippen LogP contribution < -0.4 is 5.32 Å². The van der Waals surface area contributed by atoms with E-state index in [1.165, 1.54) is 5.56 Å². The minimum Gasteiger partial charge on any atom is -0.342 e. The highest BCUT2D eigenvalue weighted by atomic mass is 35.5. The van der Waals surface area contributed by atoms with Crippen LogP contribution in [0.5, 0.6) is 0 Å². The van der Waals surface area contributed by atoms with E-state index in [-0.39, 0.29) is 5.91 Å². The van der Waals surface area contributed by atoms with Crippen LogP contribution in [0.1, 0.15) is 38.9 Å². The Kier molecular flexibility index (Phi) is 8.67. The first-order valence-electron chi connectivity index (χ1n) is 12.5. The Labute approximate surface area is 242 Å². The molecule has 0 aliphatic carbocycles. The molecule has 1 N–H and O–H groups in total. The van der Waals surface area contributed by atoms with Gasteiger partial charge in [0.25, 0.3) is 5.91 Å². The van der Waals surface area contributed by atoms with E-state index in [1.807, 2.05) is 53.1 Å². The topological polar surface area (TPSA) is 59.8 Å². The van der Waals surface area contributed by atoms with Crippen molar-refractivity contribution >= 4 is 40.9 Å². The fourth-order valence-corrected chi connectivity index (χ4v) is 5.41. The Hall–Kier alpha value is -3.58. The third kappa shape index (κ3) is 6.71. The van der Waals surface area contributed by atoms with Crippen molar-refractivity contribution in [2.45, 2.75) is 30.3 Å². The van der Waals surface area contributed by atoms with E-state index < -0.39 is 6.04 Å². The van der Waals surface area contributed by atoms with Gasteiger partial charge in [0, 0.05) is 17.0 Å². The number of hydrogen-bond donors (Lipinski definition) is 1. The molecule has 0 aliphatic rings. The number of rotatable bonds is 9. The number of carbonyl (C=O) groups is 1. The van der Waals surface area contributed by atoms with E-state index in [0.29, 0.717) is 27.9 Å². The molecule has 5 nitrogen and oxygen atoms in total. The third-order valence-corrected chi connectivity index (χ3v) is 7.98.